The minimum Gasteiger partial charge on any atom is -0.451 e. The molecule has 3 saturated carbocycles. The molecule has 5 rings (SSSR count). The molecule has 1 aromatic rings. The first-order chi connectivity index (χ1) is 17.6. The molecule has 7 atom stereocenters. The van der Waals surface area contributed by atoms with E-state index in [1.807, 2.05) is 6.08 Å². The van der Waals surface area contributed by atoms with Gasteiger partial charge in [0.2, 0.25) is 0 Å². The lowest BCUT2D eigenvalue weighted by Crippen LogP contribution is -2.59. The predicted octanol–water partition coefficient (Wildman–Crippen LogP) is 6.16. The molecule has 0 bridgehead atoms. The van der Waals surface area contributed by atoms with Crippen molar-refractivity contribution in [2.24, 2.45) is 34.5 Å². The van der Waals surface area contributed by atoms with Gasteiger partial charge < -0.3 is 9.64 Å². The molecule has 1 aromatic carbocycles. The standard InChI is InChI=1S/C32H43NO4/c1-6-33(24-10-8-7-9-11-24)20-23-18-26-27(30(4)15-12-25(36)19-29(23)30)13-16-31(5)28(26)14-17-32(31,21(2)34)37-22(3)35/h7-11,19,23,26-28H,6,12-18,20H2,1-5H3/t23-,26+,27-,28-,30+,31-,32+/m0/s1. The van der Waals surface area contributed by atoms with Gasteiger partial charge in [0.15, 0.2) is 17.2 Å². The van der Waals surface area contributed by atoms with Gasteiger partial charge in [-0.3, -0.25) is 14.4 Å². The lowest BCUT2D eigenvalue weighted by Gasteiger charge is -2.61. The van der Waals surface area contributed by atoms with E-state index < -0.39 is 5.60 Å². The molecule has 200 valence electrons. The van der Waals surface area contributed by atoms with E-state index >= 15 is 0 Å². The van der Waals surface area contributed by atoms with Crippen molar-refractivity contribution >= 4 is 23.2 Å². The molecule has 4 aliphatic rings. The Morgan fingerprint density at radius 3 is 2.38 bits per heavy atom. The van der Waals surface area contributed by atoms with Gasteiger partial charge in [0.25, 0.3) is 0 Å². The Bertz CT molecular complexity index is 1110. The van der Waals surface area contributed by atoms with Crippen LogP contribution in [0.1, 0.15) is 79.6 Å². The number of ether oxygens (including phenoxy) is 1. The summed E-state index contributed by atoms with van der Waals surface area (Å²) in [7, 11) is 0. The molecule has 0 N–H and O–H groups in total. The third-order valence-corrected chi connectivity index (χ3v) is 11.1. The average Bonchev–Trinajstić information content (AvgIpc) is 3.16. The number of nitrogens with zero attached hydrogens (tertiary/aromatic N) is 1. The van der Waals surface area contributed by atoms with Crippen LogP contribution in [0.4, 0.5) is 5.69 Å². The summed E-state index contributed by atoms with van der Waals surface area (Å²) in [4.78, 5) is 40.5. The van der Waals surface area contributed by atoms with Gasteiger partial charge in [-0.1, -0.05) is 37.6 Å². The van der Waals surface area contributed by atoms with Crippen molar-refractivity contribution in [3.05, 3.63) is 42.0 Å². The van der Waals surface area contributed by atoms with E-state index in [1.165, 1.54) is 18.2 Å². The van der Waals surface area contributed by atoms with Gasteiger partial charge in [-0.15, -0.1) is 0 Å². The highest BCUT2D eigenvalue weighted by Gasteiger charge is 2.68. The number of ketones is 2. The van der Waals surface area contributed by atoms with Crippen LogP contribution in [-0.2, 0) is 19.1 Å². The fraction of sp³-hybridized carbons (Fsp3) is 0.656. The Morgan fingerprint density at radius 2 is 1.73 bits per heavy atom. The molecular weight excluding hydrogens is 462 g/mol. The highest BCUT2D eigenvalue weighted by Crippen LogP contribution is 2.69. The summed E-state index contributed by atoms with van der Waals surface area (Å²) in [5.41, 5.74) is 1.22. The minimum atomic E-state index is -1.01. The van der Waals surface area contributed by atoms with Gasteiger partial charge in [0.05, 0.1) is 0 Å². The Balaban J connectivity index is 1.53. The number of carbonyl (C=O) groups is 3. The van der Waals surface area contributed by atoms with Gasteiger partial charge >= 0.3 is 5.97 Å². The molecule has 0 spiro atoms. The van der Waals surface area contributed by atoms with Crippen molar-refractivity contribution in [2.75, 3.05) is 18.0 Å². The summed E-state index contributed by atoms with van der Waals surface area (Å²) in [6.45, 7) is 11.7. The van der Waals surface area contributed by atoms with E-state index in [1.54, 1.807) is 6.92 Å². The molecule has 0 unspecified atom stereocenters. The highest BCUT2D eigenvalue weighted by molar-refractivity contribution is 5.92. The van der Waals surface area contributed by atoms with Gasteiger partial charge in [0, 0.05) is 37.5 Å². The fourth-order valence-corrected chi connectivity index (χ4v) is 9.34. The number of Topliss-reactive ketones (excluding diaryl/α,β-unsaturated/α-hetero) is 1. The van der Waals surface area contributed by atoms with Gasteiger partial charge in [0.1, 0.15) is 0 Å². The predicted molar refractivity (Wildman–Crippen MR) is 145 cm³/mol. The quantitative estimate of drug-likeness (QED) is 0.433. The smallest absolute Gasteiger partial charge is 0.303 e. The second kappa shape index (κ2) is 9.39. The normalized spacial score (nSPS) is 38.6. The molecule has 4 aliphatic carbocycles. The number of benzene rings is 1. The van der Waals surface area contributed by atoms with Crippen LogP contribution in [0.15, 0.2) is 42.0 Å². The van der Waals surface area contributed by atoms with Crippen molar-refractivity contribution < 1.29 is 19.1 Å². The van der Waals surface area contributed by atoms with E-state index in [0.717, 1.165) is 45.2 Å². The summed E-state index contributed by atoms with van der Waals surface area (Å²) >= 11 is 0. The topological polar surface area (TPSA) is 63.7 Å². The molecule has 0 aromatic heterocycles. The molecule has 5 heteroatoms. The van der Waals surface area contributed by atoms with Crippen molar-refractivity contribution in [1.82, 2.24) is 0 Å². The number of para-hydroxylation sites is 1. The largest absolute Gasteiger partial charge is 0.451 e. The summed E-state index contributed by atoms with van der Waals surface area (Å²) in [5.74, 6) is 1.47. The third kappa shape index (κ3) is 3.99. The van der Waals surface area contributed by atoms with Gasteiger partial charge in [-0.05, 0) is 99.7 Å². The zero-order valence-corrected chi connectivity index (χ0v) is 23.2. The van der Waals surface area contributed by atoms with E-state index in [4.69, 9.17) is 4.74 Å². The van der Waals surface area contributed by atoms with Gasteiger partial charge in [-0.25, -0.2) is 0 Å². The summed E-state index contributed by atoms with van der Waals surface area (Å²) in [6, 6.07) is 10.6. The van der Waals surface area contributed by atoms with Crippen LogP contribution < -0.4 is 4.90 Å². The highest BCUT2D eigenvalue weighted by atomic mass is 16.6. The Hall–Kier alpha value is -2.43. The minimum absolute atomic E-state index is 0.00181. The zero-order chi connectivity index (χ0) is 26.6. The molecular formula is C32H43NO4. The molecule has 0 aliphatic heterocycles. The lowest BCUT2D eigenvalue weighted by molar-refractivity contribution is -0.187. The number of carbonyl (C=O) groups excluding carboxylic acids is 3. The maximum atomic E-state index is 13.1. The number of esters is 1. The first-order valence-electron chi connectivity index (χ1n) is 14.3. The SMILES string of the molecule is CCN(C[C@@H]1C[C@@H]2[C@H](CC[C@@]3(C)[C@H]2CC[C@@]3(OC(C)=O)C(C)=O)[C@@]2(C)CCC(=O)C=C12)c1ccccc1. The van der Waals surface area contributed by atoms with Crippen LogP contribution in [0, 0.1) is 34.5 Å². The third-order valence-electron chi connectivity index (χ3n) is 11.1. The van der Waals surface area contributed by atoms with Crippen molar-refractivity contribution in [3.63, 3.8) is 0 Å². The average molecular weight is 506 g/mol. The first-order valence-corrected chi connectivity index (χ1v) is 14.3. The van der Waals surface area contributed by atoms with Crippen LogP contribution in [0.2, 0.25) is 0 Å². The van der Waals surface area contributed by atoms with Crippen LogP contribution in [-0.4, -0.2) is 36.2 Å². The zero-order valence-electron chi connectivity index (χ0n) is 23.2. The van der Waals surface area contributed by atoms with E-state index in [2.05, 4.69) is 56.0 Å². The Morgan fingerprint density at radius 1 is 1.03 bits per heavy atom. The Labute approximate surface area is 222 Å². The van der Waals surface area contributed by atoms with E-state index in [-0.39, 0.29) is 28.4 Å². The first kappa shape index (κ1) is 26.2. The summed E-state index contributed by atoms with van der Waals surface area (Å²) in [6.07, 6.45) is 8.01. The van der Waals surface area contributed by atoms with Crippen molar-refractivity contribution in [1.29, 1.82) is 0 Å². The molecule has 0 saturated heterocycles. The summed E-state index contributed by atoms with van der Waals surface area (Å²) in [5, 5.41) is 0. The molecule has 0 amide bonds. The second-order valence-electron chi connectivity index (χ2n) is 12.6. The number of hydrogen-bond donors (Lipinski definition) is 0. The van der Waals surface area contributed by atoms with E-state index in [0.29, 0.717) is 36.5 Å². The Kier molecular flexibility index (Phi) is 6.65. The number of anilines is 1. The number of rotatable bonds is 6. The monoisotopic (exact) mass is 505 g/mol. The fourth-order valence-electron chi connectivity index (χ4n) is 9.34. The maximum absolute atomic E-state index is 13.1. The van der Waals surface area contributed by atoms with Crippen LogP contribution in [0.25, 0.3) is 0 Å². The van der Waals surface area contributed by atoms with Crippen LogP contribution in [0.5, 0.6) is 0 Å². The molecule has 0 radical (unpaired) electrons. The lowest BCUT2D eigenvalue weighted by atomic mass is 9.44. The molecule has 3 fully saturated rings. The van der Waals surface area contributed by atoms with Gasteiger partial charge in [-0.2, -0.15) is 0 Å². The second-order valence-corrected chi connectivity index (χ2v) is 12.6. The molecule has 37 heavy (non-hydrogen) atoms. The number of fused-ring (bicyclic) bond motifs is 5. The molecule has 0 heterocycles. The molecule has 5 nitrogen and oxygen atoms in total. The maximum Gasteiger partial charge on any atom is 0.303 e. The summed E-state index contributed by atoms with van der Waals surface area (Å²) < 4.78 is 5.97. The van der Waals surface area contributed by atoms with E-state index in [9.17, 15) is 14.4 Å². The number of hydrogen-bond acceptors (Lipinski definition) is 5. The van der Waals surface area contributed by atoms with Crippen LogP contribution >= 0.6 is 0 Å². The van der Waals surface area contributed by atoms with Crippen molar-refractivity contribution in [3.8, 4) is 0 Å². The van der Waals surface area contributed by atoms with Crippen molar-refractivity contribution in [2.45, 2.75) is 85.2 Å². The van der Waals surface area contributed by atoms with Crippen LogP contribution in [0.3, 0.4) is 0 Å².